The molecule has 3 rings (SSSR count). The number of sulfone groups is 1. The molecule has 0 spiro atoms. The lowest BCUT2D eigenvalue weighted by atomic mass is 10.1. The van der Waals surface area contributed by atoms with Crippen molar-refractivity contribution in [2.45, 2.75) is 25.9 Å². The topological polar surface area (TPSA) is 71.5 Å². The first-order chi connectivity index (χ1) is 12.4. The quantitative estimate of drug-likeness (QED) is 0.598. The third kappa shape index (κ3) is 4.19. The fraction of sp³-hybridized carbons (Fsp3) is 0.300. The molecule has 1 fully saturated rings. The first kappa shape index (κ1) is 18.3. The highest BCUT2D eigenvalue weighted by Crippen LogP contribution is 2.21. The van der Waals surface area contributed by atoms with Crippen LogP contribution in [0.2, 0.25) is 0 Å². The van der Waals surface area contributed by atoms with Gasteiger partial charge in [0, 0.05) is 18.2 Å². The van der Waals surface area contributed by atoms with Crippen molar-refractivity contribution >= 4 is 21.5 Å². The smallest absolute Gasteiger partial charge is 0.295 e. The average molecular weight is 371 g/mol. The Labute approximate surface area is 153 Å². The van der Waals surface area contributed by atoms with Crippen LogP contribution >= 0.6 is 0 Å². The summed E-state index contributed by atoms with van der Waals surface area (Å²) in [6.45, 7) is 2.12. The number of aryl methyl sites for hydroxylation is 1. The summed E-state index contributed by atoms with van der Waals surface area (Å²) in [5.41, 5.74) is 2.18. The van der Waals surface area contributed by atoms with Crippen molar-refractivity contribution in [3.63, 3.8) is 0 Å². The zero-order valence-electron chi connectivity index (χ0n) is 14.6. The van der Waals surface area contributed by atoms with Gasteiger partial charge in [-0.25, -0.2) is 8.42 Å². The number of Topliss-reactive ketones (excluding diaryl/α,β-unsaturated/α-hetero) is 1. The van der Waals surface area contributed by atoms with Gasteiger partial charge in [-0.05, 0) is 18.9 Å². The molecule has 0 aliphatic carbocycles. The van der Waals surface area contributed by atoms with Gasteiger partial charge in [0.25, 0.3) is 5.91 Å². The normalized spacial score (nSPS) is 18.4. The van der Waals surface area contributed by atoms with E-state index in [2.05, 4.69) is 0 Å². The van der Waals surface area contributed by atoms with Crippen LogP contribution in [0, 0.1) is 6.92 Å². The molecular weight excluding hydrogens is 350 g/mol. The molecule has 0 bridgehead atoms. The number of carbonyl (C=O) groups is 2. The van der Waals surface area contributed by atoms with Crippen LogP contribution in [0.3, 0.4) is 0 Å². The number of hydrogen-bond donors (Lipinski definition) is 0. The van der Waals surface area contributed by atoms with Gasteiger partial charge in [-0.1, -0.05) is 60.2 Å². The highest BCUT2D eigenvalue weighted by atomic mass is 32.2. The Balaban J connectivity index is 1.87. The maximum absolute atomic E-state index is 12.9. The minimum atomic E-state index is -3.17. The van der Waals surface area contributed by atoms with E-state index in [1.165, 1.54) is 4.90 Å². The first-order valence-corrected chi connectivity index (χ1v) is 10.3. The van der Waals surface area contributed by atoms with Crippen LogP contribution in [0.15, 0.2) is 54.6 Å². The highest BCUT2D eigenvalue weighted by Gasteiger charge is 2.37. The van der Waals surface area contributed by atoms with Gasteiger partial charge in [0.1, 0.15) is 0 Å². The van der Waals surface area contributed by atoms with Crippen LogP contribution in [-0.2, 0) is 21.2 Å². The van der Waals surface area contributed by atoms with Gasteiger partial charge in [0.2, 0.25) is 5.78 Å². The lowest BCUT2D eigenvalue weighted by molar-refractivity contribution is -0.128. The number of rotatable bonds is 5. The van der Waals surface area contributed by atoms with E-state index < -0.39 is 27.6 Å². The van der Waals surface area contributed by atoms with Crippen molar-refractivity contribution in [3.8, 4) is 0 Å². The summed E-state index contributed by atoms with van der Waals surface area (Å²) < 4.78 is 23.7. The Morgan fingerprint density at radius 3 is 2.27 bits per heavy atom. The first-order valence-electron chi connectivity index (χ1n) is 8.52. The van der Waals surface area contributed by atoms with Crippen molar-refractivity contribution in [3.05, 3.63) is 71.3 Å². The maximum atomic E-state index is 12.9. The van der Waals surface area contributed by atoms with Crippen LogP contribution in [0.1, 0.15) is 27.9 Å². The largest absolute Gasteiger partial charge is 0.327 e. The van der Waals surface area contributed by atoms with Crippen molar-refractivity contribution in [1.29, 1.82) is 0 Å². The van der Waals surface area contributed by atoms with E-state index in [9.17, 15) is 18.0 Å². The molecule has 1 atom stereocenters. The monoisotopic (exact) mass is 371 g/mol. The number of carbonyl (C=O) groups excluding carboxylic acids is 2. The Bertz CT molecular complexity index is 905. The Morgan fingerprint density at radius 1 is 1.04 bits per heavy atom. The van der Waals surface area contributed by atoms with Gasteiger partial charge in [-0.3, -0.25) is 9.59 Å². The minimum Gasteiger partial charge on any atom is -0.327 e. The van der Waals surface area contributed by atoms with Gasteiger partial charge in [0.05, 0.1) is 11.5 Å². The summed E-state index contributed by atoms with van der Waals surface area (Å²) in [6.07, 6.45) is 0.363. The lowest BCUT2D eigenvalue weighted by Crippen LogP contribution is -2.44. The number of amides is 1. The van der Waals surface area contributed by atoms with E-state index in [4.69, 9.17) is 0 Å². The molecule has 0 radical (unpaired) electrons. The second-order valence-corrected chi connectivity index (χ2v) is 8.90. The fourth-order valence-electron chi connectivity index (χ4n) is 3.13. The van der Waals surface area contributed by atoms with Crippen molar-refractivity contribution < 1.29 is 18.0 Å². The summed E-state index contributed by atoms with van der Waals surface area (Å²) in [5.74, 6) is -1.30. The molecule has 0 N–H and O–H groups in total. The van der Waals surface area contributed by atoms with Gasteiger partial charge < -0.3 is 4.90 Å². The summed E-state index contributed by atoms with van der Waals surface area (Å²) in [5, 5.41) is 0. The summed E-state index contributed by atoms with van der Waals surface area (Å²) in [6, 6.07) is 15.6. The predicted octanol–water partition coefficient (Wildman–Crippen LogP) is 2.39. The summed E-state index contributed by atoms with van der Waals surface area (Å²) in [7, 11) is -3.17. The van der Waals surface area contributed by atoms with Crippen molar-refractivity contribution in [2.75, 3.05) is 11.5 Å². The van der Waals surface area contributed by atoms with Crippen LogP contribution < -0.4 is 0 Å². The fourth-order valence-corrected chi connectivity index (χ4v) is 4.86. The van der Waals surface area contributed by atoms with Crippen molar-refractivity contribution in [2.24, 2.45) is 0 Å². The molecule has 0 saturated carbocycles. The second-order valence-electron chi connectivity index (χ2n) is 6.67. The van der Waals surface area contributed by atoms with Gasteiger partial charge >= 0.3 is 0 Å². The SMILES string of the molecule is Cc1ccc(C(=O)C(=O)N(Cc2ccccc2)C2CCS(=O)(=O)C2)cc1. The van der Waals surface area contributed by atoms with E-state index >= 15 is 0 Å². The Morgan fingerprint density at radius 2 is 1.69 bits per heavy atom. The molecule has 1 unspecified atom stereocenters. The molecule has 136 valence electrons. The van der Waals surface area contributed by atoms with E-state index in [-0.39, 0.29) is 18.1 Å². The number of benzene rings is 2. The molecule has 2 aromatic carbocycles. The molecule has 5 nitrogen and oxygen atoms in total. The number of hydrogen-bond acceptors (Lipinski definition) is 4. The van der Waals surface area contributed by atoms with Gasteiger partial charge in [-0.2, -0.15) is 0 Å². The highest BCUT2D eigenvalue weighted by molar-refractivity contribution is 7.91. The standard InChI is InChI=1S/C20H21NO4S/c1-15-7-9-17(10-8-15)19(22)20(23)21(13-16-5-3-2-4-6-16)18-11-12-26(24,25)14-18/h2-10,18H,11-14H2,1H3. The molecule has 1 aliphatic heterocycles. The van der Waals surface area contributed by atoms with E-state index in [1.54, 1.807) is 24.3 Å². The zero-order chi connectivity index (χ0) is 18.7. The molecule has 6 heteroatoms. The predicted molar refractivity (Wildman–Crippen MR) is 99.6 cm³/mol. The second kappa shape index (κ2) is 7.41. The minimum absolute atomic E-state index is 0.0506. The molecule has 1 amide bonds. The number of ketones is 1. The molecule has 26 heavy (non-hydrogen) atoms. The average Bonchev–Trinajstić information content (AvgIpc) is 2.99. The van der Waals surface area contributed by atoms with E-state index in [0.29, 0.717) is 12.0 Å². The molecule has 0 aromatic heterocycles. The van der Waals surface area contributed by atoms with Crippen molar-refractivity contribution in [1.82, 2.24) is 4.90 Å². The molecule has 1 aliphatic rings. The van der Waals surface area contributed by atoms with Gasteiger partial charge in [-0.15, -0.1) is 0 Å². The third-order valence-electron chi connectivity index (χ3n) is 4.61. The van der Waals surface area contributed by atoms with E-state index in [1.807, 2.05) is 37.3 Å². The molecule has 1 saturated heterocycles. The molecular formula is C20H21NO4S. The summed E-state index contributed by atoms with van der Waals surface area (Å²) in [4.78, 5) is 27.0. The van der Waals surface area contributed by atoms with E-state index in [0.717, 1.165) is 11.1 Å². The van der Waals surface area contributed by atoms with Crippen LogP contribution in [0.4, 0.5) is 0 Å². The maximum Gasteiger partial charge on any atom is 0.295 e. The Hall–Kier alpha value is -2.47. The number of nitrogens with zero attached hydrogens (tertiary/aromatic N) is 1. The van der Waals surface area contributed by atoms with Crippen LogP contribution in [0.5, 0.6) is 0 Å². The zero-order valence-corrected chi connectivity index (χ0v) is 15.4. The Kier molecular flexibility index (Phi) is 5.23. The van der Waals surface area contributed by atoms with Crippen LogP contribution in [-0.4, -0.2) is 42.6 Å². The molecule has 2 aromatic rings. The van der Waals surface area contributed by atoms with Crippen LogP contribution in [0.25, 0.3) is 0 Å². The third-order valence-corrected chi connectivity index (χ3v) is 6.36. The molecule has 1 heterocycles. The lowest BCUT2D eigenvalue weighted by Gasteiger charge is -2.27. The summed E-state index contributed by atoms with van der Waals surface area (Å²) >= 11 is 0. The van der Waals surface area contributed by atoms with Gasteiger partial charge in [0.15, 0.2) is 9.84 Å².